The van der Waals surface area contributed by atoms with Crippen LogP contribution in [0.3, 0.4) is 0 Å². The second kappa shape index (κ2) is 6.80. The fourth-order valence-electron chi connectivity index (χ4n) is 3.31. The molecule has 0 radical (unpaired) electrons. The van der Waals surface area contributed by atoms with E-state index in [9.17, 15) is 4.79 Å². The zero-order valence-corrected chi connectivity index (χ0v) is 13.8. The summed E-state index contributed by atoms with van der Waals surface area (Å²) in [6.45, 7) is 0.758. The smallest absolute Gasteiger partial charge is 0.317 e. The molecule has 0 bridgehead atoms. The molecular weight excluding hydrogens is 316 g/mol. The van der Waals surface area contributed by atoms with Crippen LogP contribution < -0.4 is 5.32 Å². The van der Waals surface area contributed by atoms with Crippen molar-refractivity contribution in [1.29, 1.82) is 0 Å². The Bertz CT molecular complexity index is 810. The van der Waals surface area contributed by atoms with Crippen LogP contribution in [-0.4, -0.2) is 37.9 Å². The minimum atomic E-state index is -0.0693. The van der Waals surface area contributed by atoms with Gasteiger partial charge in [0.2, 0.25) is 0 Å². The van der Waals surface area contributed by atoms with E-state index in [0.717, 1.165) is 48.3 Å². The Kier molecular flexibility index (Phi) is 4.20. The molecule has 0 aliphatic carbocycles. The molecule has 0 spiro atoms. The number of nitrogens with zero attached hydrogens (tertiary/aromatic N) is 3. The Morgan fingerprint density at radius 1 is 1.16 bits per heavy atom. The number of aromatic amines is 2. The minimum absolute atomic E-state index is 0.0693. The Labute approximate surface area is 145 Å². The summed E-state index contributed by atoms with van der Waals surface area (Å²) in [5.74, 6) is 0. The number of anilines is 1. The number of H-pyrrole nitrogens is 2. The third kappa shape index (κ3) is 3.26. The van der Waals surface area contributed by atoms with E-state index in [1.54, 1.807) is 12.4 Å². The highest BCUT2D eigenvalue weighted by molar-refractivity contribution is 5.90. The van der Waals surface area contributed by atoms with Gasteiger partial charge in [0.1, 0.15) is 0 Å². The fraction of sp³-hybridized carbons (Fsp3) is 0.278. The van der Waals surface area contributed by atoms with Crippen LogP contribution in [0.5, 0.6) is 0 Å². The van der Waals surface area contributed by atoms with Gasteiger partial charge in [-0.2, -0.15) is 10.2 Å². The average molecular weight is 336 g/mol. The van der Waals surface area contributed by atoms with Crippen molar-refractivity contribution < 1.29 is 4.79 Å². The van der Waals surface area contributed by atoms with Crippen LogP contribution in [0.15, 0.2) is 48.9 Å². The molecule has 2 amide bonds. The van der Waals surface area contributed by atoms with Gasteiger partial charge in [-0.25, -0.2) is 4.79 Å². The standard InChI is InChI=1S/C18H20N6O/c25-18(24-10-2-1-3-17(24)14-11-20-21-12-14)22-15-6-4-13(5-7-15)16-8-9-19-23-16/h4-9,11-12,17H,1-3,10H2,(H,19,23)(H,20,21)(H,22,25). The van der Waals surface area contributed by atoms with Crippen LogP contribution in [0, 0.1) is 0 Å². The van der Waals surface area contributed by atoms with E-state index in [1.807, 2.05) is 41.4 Å². The van der Waals surface area contributed by atoms with E-state index in [-0.39, 0.29) is 12.1 Å². The maximum absolute atomic E-state index is 12.8. The van der Waals surface area contributed by atoms with Crippen molar-refractivity contribution in [2.45, 2.75) is 25.3 Å². The zero-order chi connectivity index (χ0) is 17.1. The van der Waals surface area contributed by atoms with Crippen LogP contribution in [-0.2, 0) is 0 Å². The highest BCUT2D eigenvalue weighted by atomic mass is 16.2. The molecule has 4 rings (SSSR count). The number of carbonyl (C=O) groups excluding carboxylic acids is 1. The number of carbonyl (C=O) groups is 1. The number of piperidine rings is 1. The van der Waals surface area contributed by atoms with Gasteiger partial charge < -0.3 is 10.2 Å². The van der Waals surface area contributed by atoms with Gasteiger partial charge in [0.15, 0.2) is 0 Å². The average Bonchev–Trinajstić information content (AvgIpc) is 3.36. The number of urea groups is 1. The third-order valence-corrected chi connectivity index (χ3v) is 4.62. The number of amides is 2. The topological polar surface area (TPSA) is 89.7 Å². The van der Waals surface area contributed by atoms with E-state index in [2.05, 4.69) is 25.7 Å². The summed E-state index contributed by atoms with van der Waals surface area (Å²) in [6, 6.07) is 9.67. The molecule has 3 N–H and O–H groups in total. The van der Waals surface area contributed by atoms with E-state index >= 15 is 0 Å². The normalized spacial score (nSPS) is 17.4. The molecular formula is C18H20N6O. The number of likely N-dealkylation sites (tertiary alicyclic amines) is 1. The summed E-state index contributed by atoms with van der Waals surface area (Å²) in [6.07, 6.45) is 8.51. The van der Waals surface area contributed by atoms with Crippen LogP contribution in [0.1, 0.15) is 30.9 Å². The summed E-state index contributed by atoms with van der Waals surface area (Å²) in [5, 5.41) is 16.8. The maximum Gasteiger partial charge on any atom is 0.322 e. The van der Waals surface area contributed by atoms with Crippen LogP contribution in [0.2, 0.25) is 0 Å². The lowest BCUT2D eigenvalue weighted by Gasteiger charge is -2.35. The minimum Gasteiger partial charge on any atom is -0.317 e. The number of hydrogen-bond acceptors (Lipinski definition) is 3. The summed E-state index contributed by atoms with van der Waals surface area (Å²) in [7, 11) is 0. The van der Waals surface area contributed by atoms with Crippen molar-refractivity contribution >= 4 is 11.7 Å². The number of aromatic nitrogens is 4. The molecule has 7 nitrogen and oxygen atoms in total. The van der Waals surface area contributed by atoms with E-state index in [4.69, 9.17) is 0 Å². The largest absolute Gasteiger partial charge is 0.322 e. The van der Waals surface area contributed by atoms with E-state index in [0.29, 0.717) is 0 Å². The monoisotopic (exact) mass is 336 g/mol. The molecule has 128 valence electrons. The molecule has 1 unspecified atom stereocenters. The fourth-order valence-corrected chi connectivity index (χ4v) is 3.31. The number of hydrogen-bond donors (Lipinski definition) is 3. The first-order valence-electron chi connectivity index (χ1n) is 8.47. The van der Waals surface area contributed by atoms with Crippen molar-refractivity contribution in [1.82, 2.24) is 25.3 Å². The molecule has 3 aromatic rings. The molecule has 1 atom stereocenters. The third-order valence-electron chi connectivity index (χ3n) is 4.62. The molecule has 7 heteroatoms. The first kappa shape index (κ1) is 15.4. The molecule has 1 aliphatic heterocycles. The number of rotatable bonds is 3. The molecule has 2 aromatic heterocycles. The predicted octanol–water partition coefficient (Wildman–Crippen LogP) is 3.56. The SMILES string of the molecule is O=C(Nc1ccc(-c2ccn[nH]2)cc1)N1CCCCC1c1cn[nH]c1. The van der Waals surface area contributed by atoms with Gasteiger partial charge in [0.05, 0.1) is 17.9 Å². The van der Waals surface area contributed by atoms with Crippen molar-refractivity contribution in [3.8, 4) is 11.3 Å². The number of nitrogens with one attached hydrogen (secondary N) is 3. The molecule has 0 saturated carbocycles. The van der Waals surface area contributed by atoms with E-state index < -0.39 is 0 Å². The van der Waals surface area contributed by atoms with Gasteiger partial charge >= 0.3 is 6.03 Å². The van der Waals surface area contributed by atoms with Crippen molar-refractivity contribution in [3.63, 3.8) is 0 Å². The summed E-state index contributed by atoms with van der Waals surface area (Å²) in [5.41, 5.74) is 3.83. The second-order valence-electron chi connectivity index (χ2n) is 6.21. The lowest BCUT2D eigenvalue weighted by molar-refractivity contribution is 0.163. The molecule has 25 heavy (non-hydrogen) atoms. The number of benzene rings is 1. The Morgan fingerprint density at radius 3 is 2.76 bits per heavy atom. The lowest BCUT2D eigenvalue weighted by atomic mass is 9.98. The van der Waals surface area contributed by atoms with Crippen LogP contribution in [0.4, 0.5) is 10.5 Å². The van der Waals surface area contributed by atoms with Gasteiger partial charge in [-0.1, -0.05) is 12.1 Å². The van der Waals surface area contributed by atoms with Crippen LogP contribution >= 0.6 is 0 Å². The molecule has 1 aromatic carbocycles. The predicted molar refractivity (Wildman–Crippen MR) is 94.9 cm³/mol. The quantitative estimate of drug-likeness (QED) is 0.683. The van der Waals surface area contributed by atoms with Gasteiger partial charge in [0, 0.05) is 30.2 Å². The summed E-state index contributed by atoms with van der Waals surface area (Å²) >= 11 is 0. The van der Waals surface area contributed by atoms with Gasteiger partial charge in [0.25, 0.3) is 0 Å². The van der Waals surface area contributed by atoms with Gasteiger partial charge in [-0.3, -0.25) is 10.2 Å². The van der Waals surface area contributed by atoms with Crippen molar-refractivity contribution in [2.75, 3.05) is 11.9 Å². The highest BCUT2D eigenvalue weighted by Gasteiger charge is 2.28. The molecule has 1 aliphatic rings. The van der Waals surface area contributed by atoms with Crippen LogP contribution in [0.25, 0.3) is 11.3 Å². The Hall–Kier alpha value is -3.09. The maximum atomic E-state index is 12.8. The Balaban J connectivity index is 1.47. The Morgan fingerprint density at radius 2 is 2.04 bits per heavy atom. The lowest BCUT2D eigenvalue weighted by Crippen LogP contribution is -2.41. The zero-order valence-electron chi connectivity index (χ0n) is 13.8. The van der Waals surface area contributed by atoms with Crippen molar-refractivity contribution in [2.24, 2.45) is 0 Å². The second-order valence-corrected chi connectivity index (χ2v) is 6.21. The van der Waals surface area contributed by atoms with Gasteiger partial charge in [-0.15, -0.1) is 0 Å². The van der Waals surface area contributed by atoms with Gasteiger partial charge in [-0.05, 0) is 43.0 Å². The van der Waals surface area contributed by atoms with E-state index in [1.165, 1.54) is 0 Å². The first-order valence-corrected chi connectivity index (χ1v) is 8.47. The summed E-state index contributed by atoms with van der Waals surface area (Å²) in [4.78, 5) is 14.7. The highest BCUT2D eigenvalue weighted by Crippen LogP contribution is 2.31. The molecule has 1 saturated heterocycles. The molecule has 1 fully saturated rings. The van der Waals surface area contributed by atoms with Crippen molar-refractivity contribution in [3.05, 3.63) is 54.5 Å². The first-order chi connectivity index (χ1) is 12.3. The molecule has 3 heterocycles. The summed E-state index contributed by atoms with van der Waals surface area (Å²) < 4.78 is 0.